The summed E-state index contributed by atoms with van der Waals surface area (Å²) in [5, 5.41) is 4.22. The summed E-state index contributed by atoms with van der Waals surface area (Å²) in [6.07, 6.45) is 0. The molecule has 1 aliphatic rings. The lowest BCUT2D eigenvalue weighted by Gasteiger charge is -2.34. The highest BCUT2D eigenvalue weighted by Crippen LogP contribution is 2.29. The molecule has 2 aromatic rings. The smallest absolute Gasteiger partial charge is 0.254 e. The van der Waals surface area contributed by atoms with Crippen LogP contribution < -0.4 is 9.47 Å². The van der Waals surface area contributed by atoms with Crippen LogP contribution in [0.15, 0.2) is 23.1 Å². The first kappa shape index (κ1) is 23.1. The van der Waals surface area contributed by atoms with E-state index in [4.69, 9.17) is 9.47 Å². The zero-order valence-electron chi connectivity index (χ0n) is 18.7. The molecule has 0 unspecified atom stereocenters. The molecule has 1 aromatic carbocycles. The number of ether oxygens (including phenoxy) is 2. The standard InChI is InChI=1S/C21H30N4O5S/c1-6-29-18-9-8-17(14-19(18)30-7-2)21(26)24-10-12-25(13-11-24)31(27,28)20-15(3)22-23(5)16(20)4/h8-9,14H,6-7,10-13H2,1-5H3. The van der Waals surface area contributed by atoms with Gasteiger partial charge in [0.2, 0.25) is 10.0 Å². The van der Waals surface area contributed by atoms with Crippen LogP contribution in [0.25, 0.3) is 0 Å². The second-order valence-corrected chi connectivity index (χ2v) is 9.22. The molecule has 0 radical (unpaired) electrons. The van der Waals surface area contributed by atoms with Gasteiger partial charge in [-0.1, -0.05) is 0 Å². The fourth-order valence-electron chi connectivity index (χ4n) is 3.75. The van der Waals surface area contributed by atoms with Crippen LogP contribution in [0.4, 0.5) is 0 Å². The highest BCUT2D eigenvalue weighted by atomic mass is 32.2. The van der Waals surface area contributed by atoms with Gasteiger partial charge in [-0.3, -0.25) is 9.48 Å². The van der Waals surface area contributed by atoms with E-state index in [0.29, 0.717) is 54.8 Å². The van der Waals surface area contributed by atoms with E-state index >= 15 is 0 Å². The number of hydrogen-bond donors (Lipinski definition) is 0. The minimum absolute atomic E-state index is 0.158. The van der Waals surface area contributed by atoms with Crippen molar-refractivity contribution in [2.75, 3.05) is 39.4 Å². The van der Waals surface area contributed by atoms with E-state index in [1.54, 1.807) is 48.7 Å². The Balaban J connectivity index is 1.73. The number of amides is 1. The molecule has 1 saturated heterocycles. The van der Waals surface area contributed by atoms with Crippen molar-refractivity contribution in [2.24, 2.45) is 7.05 Å². The first-order chi connectivity index (χ1) is 14.7. The predicted octanol–water partition coefficient (Wildman–Crippen LogP) is 1.98. The summed E-state index contributed by atoms with van der Waals surface area (Å²) in [5.74, 6) is 0.966. The number of carbonyl (C=O) groups is 1. The third-order valence-electron chi connectivity index (χ3n) is 5.36. The number of hydrogen-bond acceptors (Lipinski definition) is 6. The maximum absolute atomic E-state index is 13.1. The first-order valence-corrected chi connectivity index (χ1v) is 11.8. The topological polar surface area (TPSA) is 94.0 Å². The van der Waals surface area contributed by atoms with E-state index in [1.165, 1.54) is 4.31 Å². The van der Waals surface area contributed by atoms with Gasteiger partial charge in [-0.25, -0.2) is 8.42 Å². The number of rotatable bonds is 7. The lowest BCUT2D eigenvalue weighted by Crippen LogP contribution is -2.50. The van der Waals surface area contributed by atoms with Gasteiger partial charge in [0.25, 0.3) is 5.91 Å². The molecule has 9 nitrogen and oxygen atoms in total. The number of piperazine rings is 1. The Labute approximate surface area is 183 Å². The molecular weight excluding hydrogens is 420 g/mol. The van der Waals surface area contributed by atoms with Gasteiger partial charge in [0.15, 0.2) is 11.5 Å². The van der Waals surface area contributed by atoms with Crippen LogP contribution in [0.5, 0.6) is 11.5 Å². The average Bonchev–Trinajstić information content (AvgIpc) is 3.01. The zero-order chi connectivity index (χ0) is 22.8. The monoisotopic (exact) mass is 450 g/mol. The van der Waals surface area contributed by atoms with E-state index in [-0.39, 0.29) is 23.9 Å². The average molecular weight is 451 g/mol. The summed E-state index contributed by atoms with van der Waals surface area (Å²) in [7, 11) is -1.94. The minimum Gasteiger partial charge on any atom is -0.490 e. The second kappa shape index (κ2) is 9.27. The van der Waals surface area contributed by atoms with Gasteiger partial charge in [0, 0.05) is 38.8 Å². The molecule has 0 saturated carbocycles. The summed E-state index contributed by atoms with van der Waals surface area (Å²) >= 11 is 0. The van der Waals surface area contributed by atoms with Crippen LogP contribution in [0.2, 0.25) is 0 Å². The molecule has 0 bridgehead atoms. The molecule has 1 amide bonds. The maximum atomic E-state index is 13.1. The molecule has 10 heteroatoms. The molecular formula is C21H30N4O5S. The summed E-state index contributed by atoms with van der Waals surface area (Å²) in [4.78, 5) is 14.9. The number of benzene rings is 1. The number of carbonyl (C=O) groups excluding carboxylic acids is 1. The summed E-state index contributed by atoms with van der Waals surface area (Å²) in [5.41, 5.74) is 1.58. The van der Waals surface area contributed by atoms with E-state index in [0.717, 1.165) is 0 Å². The van der Waals surface area contributed by atoms with E-state index in [2.05, 4.69) is 5.10 Å². The van der Waals surface area contributed by atoms with Crippen molar-refractivity contribution in [1.82, 2.24) is 19.0 Å². The Hall–Kier alpha value is -2.59. The third-order valence-corrected chi connectivity index (χ3v) is 7.51. The van der Waals surface area contributed by atoms with Crippen molar-refractivity contribution in [3.8, 4) is 11.5 Å². The van der Waals surface area contributed by atoms with Crippen LogP contribution in [-0.4, -0.2) is 72.7 Å². The Morgan fingerprint density at radius 3 is 2.19 bits per heavy atom. The highest BCUT2D eigenvalue weighted by Gasteiger charge is 2.34. The van der Waals surface area contributed by atoms with Crippen LogP contribution in [0, 0.1) is 13.8 Å². The minimum atomic E-state index is -3.67. The van der Waals surface area contributed by atoms with Crippen LogP contribution in [0.1, 0.15) is 35.6 Å². The Kier molecular flexibility index (Phi) is 6.90. The number of sulfonamides is 1. The van der Waals surface area contributed by atoms with Crippen molar-refractivity contribution in [3.63, 3.8) is 0 Å². The molecule has 0 spiro atoms. The molecule has 1 aliphatic heterocycles. The second-order valence-electron chi connectivity index (χ2n) is 7.35. The lowest BCUT2D eigenvalue weighted by molar-refractivity contribution is 0.0697. The summed E-state index contributed by atoms with van der Waals surface area (Å²) < 4.78 is 40.5. The largest absolute Gasteiger partial charge is 0.490 e. The zero-order valence-corrected chi connectivity index (χ0v) is 19.5. The summed E-state index contributed by atoms with van der Waals surface area (Å²) in [6.45, 7) is 9.25. The van der Waals surface area contributed by atoms with E-state index in [9.17, 15) is 13.2 Å². The van der Waals surface area contributed by atoms with Crippen LogP contribution in [-0.2, 0) is 17.1 Å². The van der Waals surface area contributed by atoms with Gasteiger partial charge in [0.05, 0.1) is 24.6 Å². The quantitative estimate of drug-likeness (QED) is 0.640. The van der Waals surface area contributed by atoms with Crippen molar-refractivity contribution >= 4 is 15.9 Å². The number of aromatic nitrogens is 2. The first-order valence-electron chi connectivity index (χ1n) is 10.4. The molecule has 3 rings (SSSR count). The Morgan fingerprint density at radius 1 is 1.03 bits per heavy atom. The van der Waals surface area contributed by atoms with Gasteiger partial charge in [-0.15, -0.1) is 0 Å². The van der Waals surface area contributed by atoms with Crippen LogP contribution >= 0.6 is 0 Å². The fourth-order valence-corrected chi connectivity index (χ4v) is 5.58. The fraction of sp³-hybridized carbons (Fsp3) is 0.524. The molecule has 2 heterocycles. The number of nitrogens with zero attached hydrogens (tertiary/aromatic N) is 4. The molecule has 0 aliphatic carbocycles. The maximum Gasteiger partial charge on any atom is 0.254 e. The van der Waals surface area contributed by atoms with Crippen molar-refractivity contribution < 1.29 is 22.7 Å². The van der Waals surface area contributed by atoms with Crippen molar-refractivity contribution in [2.45, 2.75) is 32.6 Å². The van der Waals surface area contributed by atoms with Crippen molar-refractivity contribution in [1.29, 1.82) is 0 Å². The van der Waals surface area contributed by atoms with Gasteiger partial charge >= 0.3 is 0 Å². The molecule has 1 fully saturated rings. The molecule has 0 N–H and O–H groups in total. The van der Waals surface area contributed by atoms with Gasteiger partial charge in [-0.2, -0.15) is 9.40 Å². The Morgan fingerprint density at radius 2 is 1.65 bits per heavy atom. The van der Waals surface area contributed by atoms with Crippen LogP contribution in [0.3, 0.4) is 0 Å². The van der Waals surface area contributed by atoms with Crippen molar-refractivity contribution in [3.05, 3.63) is 35.2 Å². The van der Waals surface area contributed by atoms with Gasteiger partial charge < -0.3 is 14.4 Å². The molecule has 31 heavy (non-hydrogen) atoms. The van der Waals surface area contributed by atoms with Gasteiger partial charge in [0.1, 0.15) is 4.90 Å². The molecule has 170 valence electrons. The van der Waals surface area contributed by atoms with Gasteiger partial charge in [-0.05, 0) is 45.9 Å². The normalized spacial score (nSPS) is 15.2. The molecule has 1 aromatic heterocycles. The predicted molar refractivity (Wildman–Crippen MR) is 116 cm³/mol. The van der Waals surface area contributed by atoms with E-state index < -0.39 is 10.0 Å². The SMILES string of the molecule is CCOc1ccc(C(=O)N2CCN(S(=O)(=O)c3c(C)nn(C)c3C)CC2)cc1OCC. The third kappa shape index (κ3) is 4.54. The summed E-state index contributed by atoms with van der Waals surface area (Å²) in [6, 6.07) is 5.13. The Bertz CT molecular complexity index is 1060. The lowest BCUT2D eigenvalue weighted by atomic mass is 10.1. The number of aryl methyl sites for hydroxylation is 2. The highest BCUT2D eigenvalue weighted by molar-refractivity contribution is 7.89. The van der Waals surface area contributed by atoms with E-state index in [1.807, 2.05) is 13.8 Å². The molecule has 0 atom stereocenters.